The van der Waals surface area contributed by atoms with Gasteiger partial charge in [-0.1, -0.05) is 25.7 Å². The molecule has 0 saturated carbocycles. The van der Waals surface area contributed by atoms with Crippen LogP contribution in [-0.4, -0.2) is 82.1 Å². The van der Waals surface area contributed by atoms with E-state index < -0.39 is 42.4 Å². The first-order valence-electron chi connectivity index (χ1n) is 11.6. The average Bonchev–Trinajstić information content (AvgIpc) is 2.77. The Morgan fingerprint density at radius 3 is 2.11 bits per heavy atom. The molecule has 0 aliphatic carbocycles. The molecule has 1 aromatic rings. The van der Waals surface area contributed by atoms with E-state index in [-0.39, 0.29) is 34.8 Å². The molecule has 0 aliphatic rings. The van der Waals surface area contributed by atoms with Crippen molar-refractivity contribution in [1.29, 1.82) is 0 Å². The Morgan fingerprint density at radius 2 is 1.59 bits per heavy atom. The van der Waals surface area contributed by atoms with Gasteiger partial charge in [0.2, 0.25) is 12.0 Å². The van der Waals surface area contributed by atoms with Gasteiger partial charge >= 0.3 is 19.5 Å². The zero-order valence-corrected chi connectivity index (χ0v) is 21.9. The Hall–Kier alpha value is -2.68. The van der Waals surface area contributed by atoms with E-state index in [1.54, 1.807) is 21.1 Å². The number of benzene rings is 1. The number of rotatable bonds is 19. The van der Waals surface area contributed by atoms with Crippen molar-refractivity contribution >= 4 is 25.2 Å². The van der Waals surface area contributed by atoms with E-state index in [4.69, 9.17) is 18.9 Å². The summed E-state index contributed by atoms with van der Waals surface area (Å²) in [5.74, 6) is -1.46. The number of aliphatic hydroxyl groups is 1. The van der Waals surface area contributed by atoms with Crippen molar-refractivity contribution in [2.24, 2.45) is 0 Å². The largest absolute Gasteiger partial charge is 0.487 e. The van der Waals surface area contributed by atoms with Crippen LogP contribution in [0.15, 0.2) is 18.2 Å². The molecular formula is C21H35N3O12P+. The Morgan fingerprint density at radius 1 is 1.03 bits per heavy atom. The first-order valence-corrected chi connectivity index (χ1v) is 13.1. The van der Waals surface area contributed by atoms with Gasteiger partial charge in [0.1, 0.15) is 0 Å². The molecule has 210 valence electrons. The molecule has 0 aromatic heterocycles. The van der Waals surface area contributed by atoms with E-state index >= 15 is 0 Å². The van der Waals surface area contributed by atoms with Gasteiger partial charge in [-0.2, -0.15) is 0 Å². The summed E-state index contributed by atoms with van der Waals surface area (Å²) in [6, 6.07) is 3.10. The Balaban J connectivity index is 2.32. The van der Waals surface area contributed by atoms with Crippen molar-refractivity contribution in [3.63, 3.8) is 0 Å². The van der Waals surface area contributed by atoms with E-state index in [1.165, 1.54) is 0 Å². The van der Waals surface area contributed by atoms with Crippen LogP contribution in [0.4, 0.5) is 11.4 Å². The number of quaternary nitrogens is 1. The number of carbonyl (C=O) groups is 1. The number of unbranched alkanes of at least 4 members (excludes halogenated alkanes) is 5. The molecule has 1 rings (SSSR count). The van der Waals surface area contributed by atoms with Crippen LogP contribution in [0.5, 0.6) is 5.75 Å². The third kappa shape index (κ3) is 12.4. The lowest BCUT2D eigenvalue weighted by Gasteiger charge is -2.34. The van der Waals surface area contributed by atoms with E-state index in [9.17, 15) is 39.6 Å². The van der Waals surface area contributed by atoms with E-state index in [1.807, 2.05) is 0 Å². The lowest BCUT2D eigenvalue weighted by atomic mass is 10.1. The second-order valence-electron chi connectivity index (χ2n) is 9.21. The fourth-order valence-electron chi connectivity index (χ4n) is 3.23. The summed E-state index contributed by atoms with van der Waals surface area (Å²) in [5, 5.41) is 41.2. The predicted octanol–water partition coefficient (Wildman–Crippen LogP) is 3.22. The highest BCUT2D eigenvalue weighted by molar-refractivity contribution is 7.47. The molecule has 0 aliphatic heterocycles. The zero-order valence-electron chi connectivity index (χ0n) is 21.1. The van der Waals surface area contributed by atoms with Crippen LogP contribution in [0.2, 0.25) is 0 Å². The van der Waals surface area contributed by atoms with Gasteiger partial charge in [-0.15, -0.1) is 0 Å². The molecular weight excluding hydrogens is 517 g/mol. The quantitative estimate of drug-likeness (QED) is 0.0564. The number of nitro benzene ring substituents is 2. The number of ether oxygens (including phenoxy) is 1. The highest BCUT2D eigenvalue weighted by Gasteiger charge is 2.39. The first-order chi connectivity index (χ1) is 17.1. The third-order valence-electron chi connectivity index (χ3n) is 5.17. The summed E-state index contributed by atoms with van der Waals surface area (Å²) < 4.78 is 27.3. The number of phosphoric acid groups is 1. The summed E-state index contributed by atoms with van der Waals surface area (Å²) in [7, 11) is 0.148. The Kier molecular flexibility index (Phi) is 13.0. The maximum Gasteiger partial charge on any atom is 0.472 e. The first kappa shape index (κ1) is 32.3. The minimum atomic E-state index is -4.59. The number of non-ortho nitro benzene ring substituents is 1. The summed E-state index contributed by atoms with van der Waals surface area (Å²) >= 11 is 0. The van der Waals surface area contributed by atoms with E-state index in [0.29, 0.717) is 19.3 Å². The third-order valence-corrected chi connectivity index (χ3v) is 6.22. The lowest BCUT2D eigenvalue weighted by Crippen LogP contribution is -2.52. The molecule has 0 bridgehead atoms. The van der Waals surface area contributed by atoms with E-state index in [2.05, 4.69) is 0 Å². The normalized spacial score (nSPS) is 14.9. The minimum Gasteiger partial charge on any atom is -0.487 e. The fourth-order valence-corrected chi connectivity index (χ4v) is 4.17. The van der Waals surface area contributed by atoms with Gasteiger partial charge in [0, 0.05) is 12.1 Å². The van der Waals surface area contributed by atoms with Gasteiger partial charge in [0.15, 0.2) is 6.10 Å². The maximum atomic E-state index is 12.2. The molecule has 3 N–H and O–H groups in total. The average molecular weight is 552 g/mol. The van der Waals surface area contributed by atoms with Crippen molar-refractivity contribution in [3.05, 3.63) is 38.4 Å². The monoisotopic (exact) mass is 552 g/mol. The topological polar surface area (TPSA) is 209 Å². The molecule has 2 unspecified atom stereocenters. The van der Waals surface area contributed by atoms with Gasteiger partial charge in [-0.25, -0.2) is 4.57 Å². The molecule has 0 radical (unpaired) electrons. The van der Waals surface area contributed by atoms with E-state index in [0.717, 1.165) is 37.5 Å². The smallest absolute Gasteiger partial charge is 0.472 e. The van der Waals surface area contributed by atoms with Crippen molar-refractivity contribution < 1.29 is 52.6 Å². The molecule has 1 aromatic carbocycles. The number of nitro groups is 2. The molecule has 0 spiro atoms. The summed E-state index contributed by atoms with van der Waals surface area (Å²) in [4.78, 5) is 41.5. The number of aliphatic carboxylic acids is 1. The van der Waals surface area contributed by atoms with Crippen molar-refractivity contribution in [1.82, 2.24) is 0 Å². The molecule has 0 amide bonds. The van der Waals surface area contributed by atoms with Gasteiger partial charge in [-0.05, 0) is 12.8 Å². The van der Waals surface area contributed by atoms with Gasteiger partial charge in [-0.3, -0.25) is 34.1 Å². The molecule has 0 fully saturated rings. The highest BCUT2D eigenvalue weighted by Crippen LogP contribution is 2.46. The number of likely N-dealkylation sites (N-methyl/N-ethyl adjacent to an activating group) is 1. The minimum absolute atomic E-state index is 0.104. The number of nitrogens with zero attached hydrogens (tertiary/aromatic N) is 3. The van der Waals surface area contributed by atoms with Crippen molar-refractivity contribution in [3.8, 4) is 5.75 Å². The number of aliphatic hydroxyl groups excluding tert-OH is 1. The van der Waals surface area contributed by atoms with Crippen LogP contribution >= 0.6 is 7.82 Å². The number of hydrogen-bond donors (Lipinski definition) is 3. The lowest BCUT2D eigenvalue weighted by molar-refractivity contribution is -0.922. The van der Waals surface area contributed by atoms with Gasteiger partial charge < -0.3 is 24.3 Å². The van der Waals surface area contributed by atoms with Crippen LogP contribution in [0, 0.1) is 20.2 Å². The molecule has 0 heterocycles. The summed E-state index contributed by atoms with van der Waals surface area (Å²) in [6.45, 7) is 0.0421. The van der Waals surface area contributed by atoms with Crippen molar-refractivity contribution in [2.75, 3.05) is 34.4 Å². The van der Waals surface area contributed by atoms with Crippen LogP contribution in [0.25, 0.3) is 0 Å². The second-order valence-corrected chi connectivity index (χ2v) is 10.6. The Labute approximate surface area is 214 Å². The fraction of sp³-hybridized carbons (Fsp3) is 0.667. The van der Waals surface area contributed by atoms with Gasteiger partial charge in [0.25, 0.3) is 5.69 Å². The molecule has 0 saturated heterocycles. The number of hydrogen-bond acceptors (Lipinski definition) is 10. The van der Waals surface area contributed by atoms with Crippen LogP contribution in [0.3, 0.4) is 0 Å². The molecule has 3 atom stereocenters. The predicted molar refractivity (Wildman–Crippen MR) is 130 cm³/mol. The molecule has 37 heavy (non-hydrogen) atoms. The van der Waals surface area contributed by atoms with Crippen molar-refractivity contribution in [2.45, 2.75) is 57.3 Å². The zero-order chi connectivity index (χ0) is 28.2. The van der Waals surface area contributed by atoms with Gasteiger partial charge in [0.05, 0.1) is 56.7 Å². The number of carboxylic acid groups (broad SMARTS) is 1. The maximum absolute atomic E-state index is 12.2. The SMILES string of the molecule is C[N+](C)(C)C(O)[C@@H](CC(=O)O)OP(=O)(O)OCCCCCCCCOc1cc([N+](=O)[O-])ccc1[N+](=O)[O-]. The number of phosphoric ester groups is 1. The van der Waals surface area contributed by atoms with Crippen LogP contribution in [0.1, 0.15) is 44.9 Å². The second kappa shape index (κ2) is 14.9. The molecule has 15 nitrogen and oxygen atoms in total. The summed E-state index contributed by atoms with van der Waals surface area (Å²) in [5.41, 5.74) is -0.653. The van der Waals surface area contributed by atoms with Crippen LogP contribution in [-0.2, 0) is 18.4 Å². The van der Waals surface area contributed by atoms with Crippen LogP contribution < -0.4 is 4.74 Å². The highest BCUT2D eigenvalue weighted by atomic mass is 31.2. The molecule has 16 heteroatoms. The standard InChI is InChI=1S/C21H34N3O12P/c1-24(2,3)21(27)19(15-20(25)26)36-37(32,33)35-13-9-7-5-4-6-8-12-34-18-14-16(22(28)29)10-11-17(18)23(30)31/h10-11,14,19,21,27H,4-9,12-13,15H2,1-3H3,(H-,25,26,32,33)/p+1/t19-,21?/m1/s1. The Bertz CT molecular complexity index is 969. The number of carboxylic acids is 1. The summed E-state index contributed by atoms with van der Waals surface area (Å²) in [6.07, 6.45) is 0.446.